The van der Waals surface area contributed by atoms with Crippen molar-refractivity contribution < 1.29 is 0 Å². The van der Waals surface area contributed by atoms with E-state index >= 15 is 0 Å². The molecule has 1 aromatic rings. The average Bonchev–Trinajstić information content (AvgIpc) is 2.26. The third-order valence-corrected chi connectivity index (χ3v) is 3.58. The summed E-state index contributed by atoms with van der Waals surface area (Å²) in [6.45, 7) is 9.70. The van der Waals surface area contributed by atoms with E-state index in [4.69, 9.17) is 11.6 Å². The summed E-state index contributed by atoms with van der Waals surface area (Å²) in [6, 6.07) is 5.05. The number of nitrogens with one attached hydrogen (secondary N) is 1. The van der Waals surface area contributed by atoms with Crippen LogP contribution in [0.15, 0.2) is 12.1 Å². The minimum Gasteiger partial charge on any atom is -0.310 e. The van der Waals surface area contributed by atoms with Gasteiger partial charge in [-0.3, -0.25) is 0 Å². The highest BCUT2D eigenvalue weighted by atomic mass is 35.5. The van der Waals surface area contributed by atoms with Gasteiger partial charge in [-0.15, -0.1) is 11.6 Å². The van der Waals surface area contributed by atoms with Gasteiger partial charge in [0, 0.05) is 18.5 Å². The fraction of sp³-hybridized carbons (Fsp3) is 0.600. The molecule has 17 heavy (non-hydrogen) atoms. The maximum atomic E-state index is 5.80. The van der Waals surface area contributed by atoms with Crippen molar-refractivity contribution in [3.63, 3.8) is 0 Å². The van der Waals surface area contributed by atoms with Crippen LogP contribution in [0.25, 0.3) is 0 Å². The number of hydrogen-bond donors (Lipinski definition) is 1. The maximum absolute atomic E-state index is 5.80. The number of benzene rings is 1. The fourth-order valence-electron chi connectivity index (χ4n) is 2.32. The van der Waals surface area contributed by atoms with Crippen LogP contribution in [0, 0.1) is 20.8 Å². The van der Waals surface area contributed by atoms with Crippen LogP contribution in [0.4, 0.5) is 0 Å². The van der Waals surface area contributed by atoms with Crippen LogP contribution in [0.5, 0.6) is 0 Å². The molecule has 1 unspecified atom stereocenters. The Morgan fingerprint density at radius 1 is 1.18 bits per heavy atom. The second-order valence-electron chi connectivity index (χ2n) is 4.84. The van der Waals surface area contributed by atoms with E-state index in [1.165, 1.54) is 22.3 Å². The van der Waals surface area contributed by atoms with E-state index < -0.39 is 0 Å². The van der Waals surface area contributed by atoms with Crippen molar-refractivity contribution in [2.45, 2.75) is 53.1 Å². The third-order valence-electron chi connectivity index (χ3n) is 3.36. The lowest BCUT2D eigenvalue weighted by Gasteiger charge is -2.18. The first-order valence-electron chi connectivity index (χ1n) is 6.44. The molecule has 0 spiro atoms. The van der Waals surface area contributed by atoms with Gasteiger partial charge in [-0.1, -0.05) is 24.6 Å². The second-order valence-corrected chi connectivity index (χ2v) is 5.22. The molecule has 0 saturated carbocycles. The van der Waals surface area contributed by atoms with Gasteiger partial charge in [0.25, 0.3) is 0 Å². The van der Waals surface area contributed by atoms with Gasteiger partial charge >= 0.3 is 0 Å². The van der Waals surface area contributed by atoms with Gasteiger partial charge in [0.1, 0.15) is 0 Å². The Hall–Kier alpha value is -0.530. The van der Waals surface area contributed by atoms with Crippen molar-refractivity contribution in [2.75, 3.05) is 5.88 Å². The summed E-state index contributed by atoms with van der Waals surface area (Å²) in [5.41, 5.74) is 5.55. The van der Waals surface area contributed by atoms with Crippen LogP contribution in [0.1, 0.15) is 42.0 Å². The first-order valence-corrected chi connectivity index (χ1v) is 6.98. The highest BCUT2D eigenvalue weighted by Crippen LogP contribution is 2.16. The summed E-state index contributed by atoms with van der Waals surface area (Å²) in [4.78, 5) is 0. The zero-order valence-electron chi connectivity index (χ0n) is 11.4. The maximum Gasteiger partial charge on any atom is 0.0238 e. The van der Waals surface area contributed by atoms with E-state index in [1.807, 2.05) is 0 Å². The standard InChI is InChI=1S/C15H24ClN/c1-5-14(6-7-16)17-10-15-12(3)8-11(2)9-13(15)4/h8-9,14,17H,5-7,10H2,1-4H3. The Bertz CT molecular complexity index is 337. The predicted octanol–water partition coefficient (Wildman–Crippen LogP) is 4.11. The molecule has 0 bridgehead atoms. The molecule has 0 aliphatic rings. The second kappa shape index (κ2) is 7.03. The Balaban J connectivity index is 2.68. The van der Waals surface area contributed by atoms with E-state index in [0.29, 0.717) is 6.04 Å². The van der Waals surface area contributed by atoms with Crippen molar-refractivity contribution in [3.8, 4) is 0 Å². The molecular weight excluding hydrogens is 230 g/mol. The molecule has 2 heteroatoms. The van der Waals surface area contributed by atoms with Gasteiger partial charge in [-0.05, 0) is 50.3 Å². The van der Waals surface area contributed by atoms with Crippen LogP contribution in [-0.2, 0) is 6.54 Å². The number of rotatable bonds is 6. The topological polar surface area (TPSA) is 12.0 Å². The smallest absolute Gasteiger partial charge is 0.0238 e. The minimum atomic E-state index is 0.535. The van der Waals surface area contributed by atoms with Gasteiger partial charge in [-0.2, -0.15) is 0 Å². The van der Waals surface area contributed by atoms with Crippen LogP contribution in [-0.4, -0.2) is 11.9 Å². The number of alkyl halides is 1. The Morgan fingerprint density at radius 3 is 2.24 bits per heavy atom. The summed E-state index contributed by atoms with van der Waals surface area (Å²) in [5.74, 6) is 0.734. The normalized spacial score (nSPS) is 12.8. The lowest BCUT2D eigenvalue weighted by Crippen LogP contribution is -2.28. The van der Waals surface area contributed by atoms with Crippen molar-refractivity contribution in [3.05, 3.63) is 34.4 Å². The lowest BCUT2D eigenvalue weighted by atomic mass is 9.99. The van der Waals surface area contributed by atoms with E-state index in [2.05, 4.69) is 45.1 Å². The quantitative estimate of drug-likeness (QED) is 0.753. The summed E-state index contributed by atoms with van der Waals surface area (Å²) >= 11 is 5.80. The van der Waals surface area contributed by atoms with Crippen molar-refractivity contribution in [1.82, 2.24) is 5.32 Å². The van der Waals surface area contributed by atoms with Gasteiger partial charge in [0.15, 0.2) is 0 Å². The molecule has 1 N–H and O–H groups in total. The fourth-order valence-corrected chi connectivity index (χ4v) is 2.58. The largest absolute Gasteiger partial charge is 0.310 e. The summed E-state index contributed by atoms with van der Waals surface area (Å²) in [7, 11) is 0. The molecule has 96 valence electrons. The molecule has 0 fully saturated rings. The van der Waals surface area contributed by atoms with E-state index in [9.17, 15) is 0 Å². The number of halogens is 1. The summed E-state index contributed by atoms with van der Waals surface area (Å²) in [5, 5.41) is 3.60. The first kappa shape index (κ1) is 14.5. The van der Waals surface area contributed by atoms with Crippen molar-refractivity contribution in [1.29, 1.82) is 0 Å². The molecule has 0 radical (unpaired) electrons. The highest BCUT2D eigenvalue weighted by molar-refractivity contribution is 6.17. The van der Waals surface area contributed by atoms with Crippen molar-refractivity contribution >= 4 is 11.6 Å². The molecular formula is C15H24ClN. The van der Waals surface area contributed by atoms with Gasteiger partial charge in [-0.25, -0.2) is 0 Å². The lowest BCUT2D eigenvalue weighted by molar-refractivity contribution is 0.485. The Morgan fingerprint density at radius 2 is 1.76 bits per heavy atom. The van der Waals surface area contributed by atoms with Gasteiger partial charge < -0.3 is 5.32 Å². The molecule has 0 aliphatic heterocycles. The van der Waals surface area contributed by atoms with Crippen molar-refractivity contribution in [2.24, 2.45) is 0 Å². The number of aryl methyl sites for hydroxylation is 3. The van der Waals surface area contributed by atoms with E-state index in [-0.39, 0.29) is 0 Å². The monoisotopic (exact) mass is 253 g/mol. The molecule has 1 nitrogen and oxygen atoms in total. The molecule has 0 saturated heterocycles. The molecule has 0 amide bonds. The summed E-state index contributed by atoms with van der Waals surface area (Å²) in [6.07, 6.45) is 2.18. The average molecular weight is 254 g/mol. The van der Waals surface area contributed by atoms with Crippen LogP contribution < -0.4 is 5.32 Å². The SMILES string of the molecule is CCC(CCCl)NCc1c(C)cc(C)cc1C. The molecule has 0 aliphatic carbocycles. The van der Waals surface area contributed by atoms with Crippen LogP contribution in [0.2, 0.25) is 0 Å². The summed E-state index contributed by atoms with van der Waals surface area (Å²) < 4.78 is 0. The molecule has 1 rings (SSSR count). The van der Waals surface area contributed by atoms with Gasteiger partial charge in [0.2, 0.25) is 0 Å². The molecule has 0 aromatic heterocycles. The van der Waals surface area contributed by atoms with Gasteiger partial charge in [0.05, 0.1) is 0 Å². The van der Waals surface area contributed by atoms with Crippen LogP contribution in [0.3, 0.4) is 0 Å². The zero-order valence-corrected chi connectivity index (χ0v) is 12.2. The Labute approximate surface area is 111 Å². The predicted molar refractivity (Wildman–Crippen MR) is 76.9 cm³/mol. The van der Waals surface area contributed by atoms with Crippen LogP contribution >= 0.6 is 11.6 Å². The molecule has 1 atom stereocenters. The van der Waals surface area contributed by atoms with E-state index in [0.717, 1.165) is 25.3 Å². The zero-order chi connectivity index (χ0) is 12.8. The third kappa shape index (κ3) is 4.33. The molecule has 1 aromatic carbocycles. The molecule has 0 heterocycles. The minimum absolute atomic E-state index is 0.535. The first-order chi connectivity index (χ1) is 8.08. The highest BCUT2D eigenvalue weighted by Gasteiger charge is 2.08. The number of hydrogen-bond acceptors (Lipinski definition) is 1. The Kier molecular flexibility index (Phi) is 6.01. The van der Waals surface area contributed by atoms with E-state index in [1.54, 1.807) is 0 Å².